The zero-order chi connectivity index (χ0) is 11.4. The summed E-state index contributed by atoms with van der Waals surface area (Å²) in [5.41, 5.74) is 0.768. The highest BCUT2D eigenvalue weighted by atomic mass is 79.9. The Kier molecular flexibility index (Phi) is 5.44. The summed E-state index contributed by atoms with van der Waals surface area (Å²) < 4.78 is 1.96. The topological polar surface area (TPSA) is 36.7 Å². The Bertz CT molecular complexity index is 484. The maximum atomic E-state index is 11.8. The number of H-pyrrole nitrogens is 1. The van der Waals surface area contributed by atoms with Crippen LogP contribution >= 0.6 is 11.8 Å². The van der Waals surface area contributed by atoms with Crippen molar-refractivity contribution in [3.05, 3.63) is 48.3 Å². The molecule has 5 heteroatoms. The van der Waals surface area contributed by atoms with Crippen LogP contribution in [0.4, 0.5) is 0 Å². The number of carbonyl (C=O) groups excluding carboxylic acids is 1. The minimum atomic E-state index is 0. The molecule has 90 valence electrons. The van der Waals surface area contributed by atoms with Gasteiger partial charge in [-0.25, -0.2) is 9.55 Å². The van der Waals surface area contributed by atoms with Gasteiger partial charge in [0.2, 0.25) is 0 Å². The third-order valence-corrected chi connectivity index (χ3v) is 3.35. The van der Waals surface area contributed by atoms with Gasteiger partial charge in [-0.15, -0.1) is 0 Å². The van der Waals surface area contributed by atoms with Crippen molar-refractivity contribution in [1.82, 2.24) is 4.98 Å². The van der Waals surface area contributed by atoms with Gasteiger partial charge in [-0.3, -0.25) is 4.79 Å². The van der Waals surface area contributed by atoms with Crippen LogP contribution in [0.5, 0.6) is 0 Å². The second-order valence-electron chi connectivity index (χ2n) is 3.45. The number of ketones is 1. The second kappa shape index (κ2) is 6.61. The van der Waals surface area contributed by atoms with Crippen LogP contribution in [-0.4, -0.2) is 16.5 Å². The van der Waals surface area contributed by atoms with E-state index in [2.05, 4.69) is 4.98 Å². The average Bonchev–Trinajstić information content (AvgIpc) is 2.73. The molecule has 0 radical (unpaired) electrons. The van der Waals surface area contributed by atoms with Gasteiger partial charge in [0.15, 0.2) is 5.78 Å². The Morgan fingerprint density at radius 1 is 1.35 bits per heavy atom. The second-order valence-corrected chi connectivity index (χ2v) is 4.42. The van der Waals surface area contributed by atoms with Crippen LogP contribution in [-0.2, 0) is 7.05 Å². The summed E-state index contributed by atoms with van der Waals surface area (Å²) in [5, 5.41) is 0.990. The standard InChI is InChI=1S/C12H12N2OS.BrH/c1-14-8-7-13-12(14)16-9-11(15)10-5-3-2-4-6-10;/h2-8H,9H2,1H3;1H. The number of aromatic amines is 1. The van der Waals surface area contributed by atoms with Gasteiger partial charge in [0.1, 0.15) is 12.4 Å². The van der Waals surface area contributed by atoms with Crippen LogP contribution in [0, 0.1) is 0 Å². The van der Waals surface area contributed by atoms with E-state index in [9.17, 15) is 4.79 Å². The number of rotatable bonds is 4. The summed E-state index contributed by atoms with van der Waals surface area (Å²) in [6.07, 6.45) is 3.78. The highest BCUT2D eigenvalue weighted by molar-refractivity contribution is 7.99. The molecule has 2 aromatic rings. The Hall–Kier alpha value is -1.07. The zero-order valence-electron chi connectivity index (χ0n) is 9.39. The Labute approximate surface area is 115 Å². The summed E-state index contributed by atoms with van der Waals surface area (Å²) >= 11 is 1.51. The predicted molar refractivity (Wildman–Crippen MR) is 63.5 cm³/mol. The Morgan fingerprint density at radius 2 is 2.06 bits per heavy atom. The molecule has 0 aliphatic rings. The largest absolute Gasteiger partial charge is 1.00 e. The minimum Gasteiger partial charge on any atom is -1.00 e. The van der Waals surface area contributed by atoms with E-state index < -0.39 is 0 Å². The summed E-state index contributed by atoms with van der Waals surface area (Å²) in [4.78, 5) is 14.9. The number of aromatic nitrogens is 2. The van der Waals surface area contributed by atoms with E-state index >= 15 is 0 Å². The third kappa shape index (κ3) is 3.71. The smallest absolute Gasteiger partial charge is 0.315 e. The number of thioether (sulfide) groups is 1. The van der Waals surface area contributed by atoms with Crippen molar-refractivity contribution < 1.29 is 26.3 Å². The third-order valence-electron chi connectivity index (χ3n) is 2.26. The summed E-state index contributed by atoms with van der Waals surface area (Å²) in [6.45, 7) is 0. The molecule has 0 atom stereocenters. The maximum absolute atomic E-state index is 11.8. The molecule has 1 heterocycles. The zero-order valence-corrected chi connectivity index (χ0v) is 11.8. The molecule has 1 N–H and O–H groups in total. The lowest BCUT2D eigenvalue weighted by atomic mass is 10.2. The van der Waals surface area contributed by atoms with Crippen molar-refractivity contribution in [3.8, 4) is 0 Å². The first kappa shape index (κ1) is 14.0. The van der Waals surface area contributed by atoms with Gasteiger partial charge >= 0.3 is 5.16 Å². The fourth-order valence-corrected chi connectivity index (χ4v) is 2.22. The monoisotopic (exact) mass is 312 g/mol. The van der Waals surface area contributed by atoms with Gasteiger partial charge in [-0.1, -0.05) is 30.3 Å². The van der Waals surface area contributed by atoms with Crippen molar-refractivity contribution in [3.63, 3.8) is 0 Å². The Balaban J connectivity index is 0.00000144. The van der Waals surface area contributed by atoms with Gasteiger partial charge in [-0.05, 0) is 11.8 Å². The molecular weight excluding hydrogens is 300 g/mol. The van der Waals surface area contributed by atoms with Crippen molar-refractivity contribution in [2.45, 2.75) is 5.16 Å². The first-order valence-corrected chi connectivity index (χ1v) is 6.00. The van der Waals surface area contributed by atoms with Crippen molar-refractivity contribution in [2.24, 2.45) is 7.05 Å². The molecule has 0 aliphatic heterocycles. The lowest BCUT2D eigenvalue weighted by molar-refractivity contribution is -0.708. The van der Waals surface area contributed by atoms with Crippen molar-refractivity contribution >= 4 is 17.5 Å². The molecule has 0 spiro atoms. The van der Waals surface area contributed by atoms with E-state index in [0.717, 1.165) is 10.7 Å². The average molecular weight is 313 g/mol. The van der Waals surface area contributed by atoms with Crippen LogP contribution in [0.2, 0.25) is 0 Å². The molecule has 0 bridgehead atoms. The summed E-state index contributed by atoms with van der Waals surface area (Å²) in [7, 11) is 1.95. The van der Waals surface area contributed by atoms with Crippen molar-refractivity contribution in [2.75, 3.05) is 5.75 Å². The van der Waals surface area contributed by atoms with Crippen molar-refractivity contribution in [1.29, 1.82) is 0 Å². The number of hydrogen-bond donors (Lipinski definition) is 1. The van der Waals surface area contributed by atoms with E-state index in [1.165, 1.54) is 11.8 Å². The molecule has 0 unspecified atom stereocenters. The molecule has 0 saturated carbocycles. The molecule has 1 aromatic heterocycles. The van der Waals surface area contributed by atoms with Crippen LogP contribution in [0.15, 0.2) is 47.9 Å². The van der Waals surface area contributed by atoms with Crippen LogP contribution in [0.25, 0.3) is 0 Å². The molecule has 2 rings (SSSR count). The molecule has 1 aromatic carbocycles. The number of nitrogens with one attached hydrogen (secondary N) is 1. The fraction of sp³-hybridized carbons (Fsp3) is 0.167. The highest BCUT2D eigenvalue weighted by Gasteiger charge is 2.11. The van der Waals surface area contributed by atoms with Gasteiger partial charge in [0.05, 0.1) is 12.8 Å². The van der Waals surface area contributed by atoms with Crippen LogP contribution in [0.1, 0.15) is 10.4 Å². The minimum absolute atomic E-state index is 0. The van der Waals surface area contributed by atoms with Crippen LogP contribution < -0.4 is 21.5 Å². The first-order valence-electron chi connectivity index (χ1n) is 5.01. The molecule has 0 aliphatic carbocycles. The highest BCUT2D eigenvalue weighted by Crippen LogP contribution is 2.12. The molecule has 0 fully saturated rings. The lowest BCUT2D eigenvalue weighted by Gasteiger charge is -1.97. The van der Waals surface area contributed by atoms with Gasteiger partial charge in [0.25, 0.3) is 0 Å². The number of benzene rings is 1. The molecule has 17 heavy (non-hydrogen) atoms. The van der Waals surface area contributed by atoms with E-state index in [-0.39, 0.29) is 22.8 Å². The van der Waals surface area contributed by atoms with E-state index in [0.29, 0.717) is 5.75 Å². The predicted octanol–water partition coefficient (Wildman–Crippen LogP) is -1.18. The SMILES string of the molecule is C[n+]1cc[nH]c1SCC(=O)c1ccccc1.[Br-]. The first-order chi connectivity index (χ1) is 7.77. The number of halogens is 1. The number of hydrogen-bond acceptors (Lipinski definition) is 2. The van der Waals surface area contributed by atoms with E-state index in [4.69, 9.17) is 0 Å². The number of aryl methyl sites for hydroxylation is 1. The van der Waals surface area contributed by atoms with Gasteiger partial charge < -0.3 is 17.0 Å². The fourth-order valence-electron chi connectivity index (χ4n) is 1.37. The van der Waals surface area contributed by atoms with Crippen LogP contribution in [0.3, 0.4) is 0 Å². The quantitative estimate of drug-likeness (QED) is 0.438. The molecule has 0 amide bonds. The van der Waals surface area contributed by atoms with Gasteiger partial charge in [-0.2, -0.15) is 0 Å². The van der Waals surface area contributed by atoms with E-state index in [1.807, 2.05) is 54.3 Å². The number of imidazole rings is 1. The Morgan fingerprint density at radius 3 is 2.65 bits per heavy atom. The number of nitrogens with zero attached hydrogens (tertiary/aromatic N) is 1. The summed E-state index contributed by atoms with van der Waals surface area (Å²) in [5.74, 6) is 0.610. The molecule has 0 saturated heterocycles. The lowest BCUT2D eigenvalue weighted by Crippen LogP contribution is -3.00. The number of carbonyl (C=O) groups is 1. The number of Topliss-reactive ketones (excluding diaryl/α,β-unsaturated/α-hetero) is 1. The molecular formula is C12H13BrN2OS. The normalized spacial score (nSPS) is 9.71. The van der Waals surface area contributed by atoms with Gasteiger partial charge in [0, 0.05) is 5.56 Å². The molecule has 3 nitrogen and oxygen atoms in total. The maximum Gasteiger partial charge on any atom is 0.315 e. The summed E-state index contributed by atoms with van der Waals surface area (Å²) in [6, 6.07) is 9.36. The van der Waals surface area contributed by atoms with E-state index in [1.54, 1.807) is 0 Å².